The predicted molar refractivity (Wildman–Crippen MR) is 93.8 cm³/mol. The van der Waals surface area contributed by atoms with E-state index in [-0.39, 0.29) is 17.1 Å². The second kappa shape index (κ2) is 6.93. The molecule has 0 bridgehead atoms. The topological polar surface area (TPSA) is 50.6 Å². The number of ether oxygens (including phenoxy) is 1. The normalized spacial score (nSPS) is 16.8. The first kappa shape index (κ1) is 18.2. The molecule has 26 heavy (non-hydrogen) atoms. The smallest absolute Gasteiger partial charge is 0.333 e. The lowest BCUT2D eigenvalue weighted by Crippen LogP contribution is -2.60. The number of amides is 1. The van der Waals surface area contributed by atoms with E-state index in [1.807, 2.05) is 38.1 Å². The first-order valence-electron chi connectivity index (χ1n) is 8.37. The van der Waals surface area contributed by atoms with Gasteiger partial charge in [-0.25, -0.2) is 4.68 Å². The van der Waals surface area contributed by atoms with Crippen molar-refractivity contribution in [3.8, 4) is 5.75 Å². The third kappa shape index (κ3) is 3.36. The van der Waals surface area contributed by atoms with Gasteiger partial charge >= 0.3 is 6.55 Å². The minimum atomic E-state index is -2.75. The highest BCUT2D eigenvalue weighted by Gasteiger charge is 2.37. The van der Waals surface area contributed by atoms with E-state index < -0.39 is 6.55 Å². The zero-order valence-corrected chi connectivity index (χ0v) is 15.0. The molecule has 1 aliphatic heterocycles. The minimum Gasteiger partial charge on any atom is -0.495 e. The van der Waals surface area contributed by atoms with Crippen LogP contribution in [0.15, 0.2) is 36.5 Å². The Labute approximate surface area is 151 Å². The Bertz CT molecular complexity index is 791. The molecule has 1 amide bonds. The number of nitrogens with zero attached hydrogens (tertiary/aromatic N) is 4. The van der Waals surface area contributed by atoms with E-state index in [1.165, 1.54) is 6.07 Å². The largest absolute Gasteiger partial charge is 0.495 e. The zero-order valence-electron chi connectivity index (χ0n) is 15.0. The van der Waals surface area contributed by atoms with Crippen molar-refractivity contribution in [2.75, 3.05) is 31.6 Å². The number of aromatic nitrogens is 2. The third-order valence-electron chi connectivity index (χ3n) is 4.59. The molecule has 0 spiro atoms. The average molecular weight is 364 g/mol. The van der Waals surface area contributed by atoms with Crippen LogP contribution in [0.3, 0.4) is 0 Å². The third-order valence-corrected chi connectivity index (χ3v) is 4.59. The highest BCUT2D eigenvalue weighted by Crippen LogP contribution is 2.35. The van der Waals surface area contributed by atoms with E-state index in [2.05, 4.69) is 10.00 Å². The van der Waals surface area contributed by atoms with Gasteiger partial charge in [0.05, 0.1) is 18.3 Å². The lowest BCUT2D eigenvalue weighted by molar-refractivity contribution is 0.0544. The Morgan fingerprint density at radius 2 is 1.96 bits per heavy atom. The number of piperazine rings is 1. The Kier molecular flexibility index (Phi) is 4.84. The standard InChI is InChI=1S/C18H22F2N4O2/c1-18(2)12-22(16(25)13-8-9-24(21-13)17(19)20)10-11-23(18)14-6-4-5-7-15(14)26-3/h4-9,17H,10-12H2,1-3H3. The SMILES string of the molecule is COc1ccccc1N1CCN(C(=O)c2ccn(C(F)F)n2)CC1(C)C. The first-order valence-corrected chi connectivity index (χ1v) is 8.37. The summed E-state index contributed by atoms with van der Waals surface area (Å²) in [6, 6.07) is 9.08. The summed E-state index contributed by atoms with van der Waals surface area (Å²) >= 11 is 0. The van der Waals surface area contributed by atoms with Gasteiger partial charge in [0.1, 0.15) is 5.75 Å². The molecule has 0 radical (unpaired) electrons. The number of carbonyl (C=O) groups excluding carboxylic acids is 1. The Hall–Kier alpha value is -2.64. The van der Waals surface area contributed by atoms with E-state index in [0.29, 0.717) is 24.3 Å². The number of carbonyl (C=O) groups is 1. The fourth-order valence-electron chi connectivity index (χ4n) is 3.35. The maximum absolute atomic E-state index is 12.7. The van der Waals surface area contributed by atoms with Gasteiger partial charge in [-0.05, 0) is 32.0 Å². The number of para-hydroxylation sites is 2. The average Bonchev–Trinajstić information content (AvgIpc) is 3.10. The van der Waals surface area contributed by atoms with Gasteiger partial charge in [0, 0.05) is 25.8 Å². The number of hydrogen-bond acceptors (Lipinski definition) is 4. The number of alkyl halides is 2. The van der Waals surface area contributed by atoms with Crippen molar-refractivity contribution in [2.45, 2.75) is 25.9 Å². The van der Waals surface area contributed by atoms with Crippen LogP contribution in [0, 0.1) is 0 Å². The van der Waals surface area contributed by atoms with Crippen molar-refractivity contribution in [3.05, 3.63) is 42.2 Å². The summed E-state index contributed by atoms with van der Waals surface area (Å²) in [4.78, 5) is 16.5. The number of hydrogen-bond donors (Lipinski definition) is 0. The molecule has 2 heterocycles. The summed E-state index contributed by atoms with van der Waals surface area (Å²) in [6.45, 7) is 2.85. The van der Waals surface area contributed by atoms with Crippen LogP contribution in [0.1, 0.15) is 30.9 Å². The van der Waals surface area contributed by atoms with Crippen molar-refractivity contribution in [2.24, 2.45) is 0 Å². The lowest BCUT2D eigenvalue weighted by atomic mass is 9.97. The minimum absolute atomic E-state index is 0.0341. The van der Waals surface area contributed by atoms with Gasteiger partial charge in [-0.2, -0.15) is 13.9 Å². The fourth-order valence-corrected chi connectivity index (χ4v) is 3.35. The predicted octanol–water partition coefficient (Wildman–Crippen LogP) is 3.03. The van der Waals surface area contributed by atoms with Gasteiger partial charge in [0.25, 0.3) is 5.91 Å². The maximum Gasteiger partial charge on any atom is 0.333 e. The molecule has 140 valence electrons. The molecule has 1 saturated heterocycles. The Morgan fingerprint density at radius 3 is 2.58 bits per heavy atom. The van der Waals surface area contributed by atoms with Gasteiger partial charge in [0.15, 0.2) is 5.69 Å². The van der Waals surface area contributed by atoms with Crippen LogP contribution in [-0.2, 0) is 0 Å². The monoisotopic (exact) mass is 364 g/mol. The van der Waals surface area contributed by atoms with Gasteiger partial charge < -0.3 is 14.5 Å². The molecular formula is C18H22F2N4O2. The molecule has 1 aromatic carbocycles. The molecule has 1 aromatic heterocycles. The molecule has 0 atom stereocenters. The quantitative estimate of drug-likeness (QED) is 0.837. The van der Waals surface area contributed by atoms with Crippen LogP contribution in [0.2, 0.25) is 0 Å². The molecule has 0 saturated carbocycles. The highest BCUT2D eigenvalue weighted by atomic mass is 19.3. The number of benzene rings is 1. The van der Waals surface area contributed by atoms with Crippen molar-refractivity contribution in [1.29, 1.82) is 0 Å². The second-order valence-electron chi connectivity index (χ2n) is 6.82. The molecule has 0 unspecified atom stereocenters. The molecule has 6 nitrogen and oxygen atoms in total. The molecule has 3 rings (SSSR count). The van der Waals surface area contributed by atoms with Crippen molar-refractivity contribution < 1.29 is 18.3 Å². The number of anilines is 1. The molecule has 1 aliphatic rings. The van der Waals surface area contributed by atoms with Crippen molar-refractivity contribution >= 4 is 11.6 Å². The molecule has 2 aromatic rings. The van der Waals surface area contributed by atoms with Crippen molar-refractivity contribution in [3.63, 3.8) is 0 Å². The van der Waals surface area contributed by atoms with Crippen LogP contribution in [0.25, 0.3) is 0 Å². The highest BCUT2D eigenvalue weighted by molar-refractivity contribution is 5.92. The second-order valence-corrected chi connectivity index (χ2v) is 6.82. The first-order chi connectivity index (χ1) is 12.3. The van der Waals surface area contributed by atoms with E-state index in [4.69, 9.17) is 4.74 Å². The molecule has 8 heteroatoms. The number of rotatable bonds is 4. The van der Waals surface area contributed by atoms with Gasteiger partial charge in [-0.15, -0.1) is 0 Å². The zero-order chi connectivity index (χ0) is 18.9. The summed E-state index contributed by atoms with van der Waals surface area (Å²) in [5.41, 5.74) is 0.648. The van der Waals surface area contributed by atoms with E-state index in [9.17, 15) is 13.6 Å². The van der Waals surface area contributed by atoms with Gasteiger partial charge in [-0.1, -0.05) is 12.1 Å². The fraction of sp³-hybridized carbons (Fsp3) is 0.444. The van der Waals surface area contributed by atoms with E-state index in [0.717, 1.165) is 17.6 Å². The summed E-state index contributed by atoms with van der Waals surface area (Å²) in [7, 11) is 1.63. The van der Waals surface area contributed by atoms with Gasteiger partial charge in [0.2, 0.25) is 0 Å². The Balaban J connectivity index is 1.78. The van der Waals surface area contributed by atoms with Crippen LogP contribution < -0.4 is 9.64 Å². The van der Waals surface area contributed by atoms with E-state index in [1.54, 1.807) is 12.0 Å². The Morgan fingerprint density at radius 1 is 1.23 bits per heavy atom. The number of methoxy groups -OCH3 is 1. The summed E-state index contributed by atoms with van der Waals surface area (Å²) in [5, 5.41) is 3.68. The number of halogens is 2. The summed E-state index contributed by atoms with van der Waals surface area (Å²) in [5.74, 6) is 0.438. The molecular weight excluding hydrogens is 342 g/mol. The lowest BCUT2D eigenvalue weighted by Gasteiger charge is -2.48. The molecule has 0 aliphatic carbocycles. The van der Waals surface area contributed by atoms with Crippen LogP contribution in [0.5, 0.6) is 5.75 Å². The van der Waals surface area contributed by atoms with Crippen molar-refractivity contribution in [1.82, 2.24) is 14.7 Å². The summed E-state index contributed by atoms with van der Waals surface area (Å²) < 4.78 is 31.3. The van der Waals surface area contributed by atoms with Gasteiger partial charge in [-0.3, -0.25) is 4.79 Å². The van der Waals surface area contributed by atoms with Crippen LogP contribution >= 0.6 is 0 Å². The van der Waals surface area contributed by atoms with E-state index >= 15 is 0 Å². The maximum atomic E-state index is 12.7. The summed E-state index contributed by atoms with van der Waals surface area (Å²) in [6.07, 6.45) is 1.12. The molecule has 0 N–H and O–H groups in total. The van der Waals surface area contributed by atoms with Crippen LogP contribution in [0.4, 0.5) is 14.5 Å². The van der Waals surface area contributed by atoms with Crippen LogP contribution in [-0.4, -0.2) is 52.9 Å². The molecule has 1 fully saturated rings.